The highest BCUT2D eigenvalue weighted by molar-refractivity contribution is 6.21. The molecule has 1 aliphatic rings. The number of alkyl halides is 3. The van der Waals surface area contributed by atoms with Crippen LogP contribution in [0.25, 0.3) is 5.69 Å². The summed E-state index contributed by atoms with van der Waals surface area (Å²) in [7, 11) is 0. The molecule has 0 aliphatic carbocycles. The lowest BCUT2D eigenvalue weighted by molar-refractivity contribution is -0.137. The molecule has 11 heteroatoms. The highest BCUT2D eigenvalue weighted by Crippen LogP contribution is 2.33. The van der Waals surface area contributed by atoms with Gasteiger partial charge in [0.15, 0.2) is 0 Å². The molecule has 8 nitrogen and oxygen atoms in total. The zero-order valence-corrected chi connectivity index (χ0v) is 16.5. The summed E-state index contributed by atoms with van der Waals surface area (Å²) in [6.45, 7) is 0.0122. The molecule has 2 aromatic carbocycles. The van der Waals surface area contributed by atoms with Crippen molar-refractivity contribution in [3.05, 3.63) is 71.8 Å². The van der Waals surface area contributed by atoms with E-state index in [9.17, 15) is 27.6 Å². The smallest absolute Gasteiger partial charge is 0.324 e. The standard InChI is InChI=1S/C21H16F3N5O3/c22-21(23,24)13-7-8-17(29-12-25-11-26-29)16(10-13)27-18(30)6-3-9-28-19(31)14-4-1-2-5-15(14)20(28)32/h1-2,4-5,7-8,10-12H,3,6,9H2,(H,27,30). The topological polar surface area (TPSA) is 97.2 Å². The molecule has 0 fully saturated rings. The molecule has 1 aromatic heterocycles. The predicted octanol–water partition coefficient (Wildman–Crippen LogP) is 3.30. The van der Waals surface area contributed by atoms with E-state index in [1.54, 1.807) is 24.3 Å². The Morgan fingerprint density at radius 2 is 1.72 bits per heavy atom. The van der Waals surface area contributed by atoms with E-state index in [0.29, 0.717) is 11.1 Å². The Hall–Kier alpha value is -4.02. The Balaban J connectivity index is 1.43. The fourth-order valence-corrected chi connectivity index (χ4v) is 3.40. The lowest BCUT2D eigenvalue weighted by Crippen LogP contribution is -2.31. The van der Waals surface area contributed by atoms with Gasteiger partial charge in [-0.25, -0.2) is 9.67 Å². The molecule has 0 bridgehead atoms. The normalized spacial score (nSPS) is 13.4. The number of anilines is 1. The molecular formula is C21H16F3N5O3. The van der Waals surface area contributed by atoms with E-state index in [1.165, 1.54) is 23.4 Å². The van der Waals surface area contributed by atoms with Crippen LogP contribution in [0.1, 0.15) is 39.1 Å². The van der Waals surface area contributed by atoms with Crippen molar-refractivity contribution in [2.75, 3.05) is 11.9 Å². The lowest BCUT2D eigenvalue weighted by atomic mass is 10.1. The summed E-state index contributed by atoms with van der Waals surface area (Å²) < 4.78 is 40.6. The molecule has 0 radical (unpaired) electrons. The number of carbonyl (C=O) groups is 3. The molecule has 4 rings (SSSR count). The third-order valence-electron chi connectivity index (χ3n) is 4.93. The summed E-state index contributed by atoms with van der Waals surface area (Å²) in [5.74, 6) is -1.43. The molecule has 0 unspecified atom stereocenters. The van der Waals surface area contributed by atoms with E-state index in [0.717, 1.165) is 17.0 Å². The zero-order chi connectivity index (χ0) is 22.9. The van der Waals surface area contributed by atoms with Gasteiger partial charge in [0.1, 0.15) is 12.7 Å². The SMILES string of the molecule is O=C(CCCN1C(=O)c2ccccc2C1=O)Nc1cc(C(F)(F)F)ccc1-n1cncn1. The second-order valence-electron chi connectivity index (χ2n) is 7.03. The van der Waals surface area contributed by atoms with Crippen LogP contribution in [-0.4, -0.2) is 43.9 Å². The number of rotatable bonds is 6. The fourth-order valence-electron chi connectivity index (χ4n) is 3.40. The number of nitrogens with zero attached hydrogens (tertiary/aromatic N) is 4. The molecule has 3 aromatic rings. The minimum atomic E-state index is -4.59. The molecule has 0 spiro atoms. The molecule has 2 heterocycles. The van der Waals surface area contributed by atoms with Crippen LogP contribution in [0.2, 0.25) is 0 Å². The van der Waals surface area contributed by atoms with E-state index in [4.69, 9.17) is 0 Å². The van der Waals surface area contributed by atoms with Crippen LogP contribution in [0, 0.1) is 0 Å². The molecular weight excluding hydrogens is 427 g/mol. The van der Waals surface area contributed by atoms with Gasteiger partial charge in [0.25, 0.3) is 11.8 Å². The van der Waals surface area contributed by atoms with Crippen LogP contribution in [0.15, 0.2) is 55.1 Å². The monoisotopic (exact) mass is 443 g/mol. The number of aromatic nitrogens is 3. The van der Waals surface area contributed by atoms with Crippen LogP contribution in [0.5, 0.6) is 0 Å². The number of carbonyl (C=O) groups excluding carboxylic acids is 3. The number of hydrogen-bond acceptors (Lipinski definition) is 5. The van der Waals surface area contributed by atoms with Gasteiger partial charge in [-0.1, -0.05) is 12.1 Å². The minimum absolute atomic E-state index is 0.0122. The summed E-state index contributed by atoms with van der Waals surface area (Å²) >= 11 is 0. The van der Waals surface area contributed by atoms with E-state index in [-0.39, 0.29) is 30.8 Å². The van der Waals surface area contributed by atoms with Crippen molar-refractivity contribution in [1.82, 2.24) is 19.7 Å². The highest BCUT2D eigenvalue weighted by atomic mass is 19.4. The Kier molecular flexibility index (Phi) is 5.47. The Bertz CT molecular complexity index is 1160. The van der Waals surface area contributed by atoms with Crippen LogP contribution in [0.4, 0.5) is 18.9 Å². The van der Waals surface area contributed by atoms with Crippen molar-refractivity contribution in [2.24, 2.45) is 0 Å². The van der Waals surface area contributed by atoms with Crippen LogP contribution in [0.3, 0.4) is 0 Å². The average Bonchev–Trinajstić information content (AvgIpc) is 3.37. The molecule has 164 valence electrons. The average molecular weight is 443 g/mol. The van der Waals surface area contributed by atoms with Gasteiger partial charge in [0, 0.05) is 13.0 Å². The summed E-state index contributed by atoms with van der Waals surface area (Å²) in [5, 5.41) is 6.35. The first kappa shape index (κ1) is 21.2. The molecule has 32 heavy (non-hydrogen) atoms. The van der Waals surface area contributed by atoms with Gasteiger partial charge in [-0.2, -0.15) is 18.3 Å². The predicted molar refractivity (Wildman–Crippen MR) is 106 cm³/mol. The van der Waals surface area contributed by atoms with Crippen LogP contribution >= 0.6 is 0 Å². The molecule has 1 aliphatic heterocycles. The van der Waals surface area contributed by atoms with E-state index >= 15 is 0 Å². The molecule has 0 saturated heterocycles. The Morgan fingerprint density at radius 1 is 1.03 bits per heavy atom. The number of hydrogen-bond donors (Lipinski definition) is 1. The summed E-state index contributed by atoms with van der Waals surface area (Å²) in [6, 6.07) is 9.31. The molecule has 0 atom stereocenters. The van der Waals surface area contributed by atoms with Crippen molar-refractivity contribution in [2.45, 2.75) is 19.0 Å². The summed E-state index contributed by atoms with van der Waals surface area (Å²) in [4.78, 5) is 42.0. The van der Waals surface area contributed by atoms with Gasteiger partial charge in [-0.3, -0.25) is 19.3 Å². The van der Waals surface area contributed by atoms with E-state index in [2.05, 4.69) is 15.4 Å². The van der Waals surface area contributed by atoms with Crippen molar-refractivity contribution >= 4 is 23.4 Å². The zero-order valence-electron chi connectivity index (χ0n) is 16.5. The second kappa shape index (κ2) is 8.25. The number of nitrogens with one attached hydrogen (secondary N) is 1. The molecule has 0 saturated carbocycles. The van der Waals surface area contributed by atoms with Crippen molar-refractivity contribution in [1.29, 1.82) is 0 Å². The highest BCUT2D eigenvalue weighted by Gasteiger charge is 2.35. The fraction of sp³-hybridized carbons (Fsp3) is 0.190. The largest absolute Gasteiger partial charge is 0.416 e. The number of benzene rings is 2. The third kappa shape index (κ3) is 4.09. The van der Waals surface area contributed by atoms with Crippen molar-refractivity contribution in [3.63, 3.8) is 0 Å². The van der Waals surface area contributed by atoms with Crippen LogP contribution < -0.4 is 5.32 Å². The Morgan fingerprint density at radius 3 is 2.31 bits per heavy atom. The van der Waals surface area contributed by atoms with Gasteiger partial charge in [-0.05, 0) is 36.8 Å². The summed E-state index contributed by atoms with van der Waals surface area (Å²) in [5.41, 5.74) is -0.185. The quantitative estimate of drug-likeness (QED) is 0.590. The van der Waals surface area contributed by atoms with Crippen molar-refractivity contribution in [3.8, 4) is 5.69 Å². The second-order valence-corrected chi connectivity index (χ2v) is 7.03. The maximum absolute atomic E-state index is 13.1. The Labute approximate surface area is 179 Å². The van der Waals surface area contributed by atoms with Gasteiger partial charge in [-0.15, -0.1) is 0 Å². The number of amides is 3. The van der Waals surface area contributed by atoms with Gasteiger partial charge >= 0.3 is 6.18 Å². The van der Waals surface area contributed by atoms with E-state index in [1.807, 2.05) is 0 Å². The minimum Gasteiger partial charge on any atom is -0.324 e. The molecule has 1 N–H and O–H groups in total. The number of halogens is 3. The first-order chi connectivity index (χ1) is 15.3. The number of imide groups is 1. The lowest BCUT2D eigenvalue weighted by Gasteiger charge is -2.15. The summed E-state index contributed by atoms with van der Waals surface area (Å²) in [6.07, 6.45) is -2.05. The third-order valence-corrected chi connectivity index (χ3v) is 4.93. The van der Waals surface area contributed by atoms with Gasteiger partial charge < -0.3 is 5.32 Å². The first-order valence-corrected chi connectivity index (χ1v) is 9.57. The van der Waals surface area contributed by atoms with Gasteiger partial charge in [0.2, 0.25) is 5.91 Å². The van der Waals surface area contributed by atoms with Crippen molar-refractivity contribution < 1.29 is 27.6 Å². The molecule has 3 amide bonds. The maximum Gasteiger partial charge on any atom is 0.416 e. The first-order valence-electron chi connectivity index (χ1n) is 9.57. The van der Waals surface area contributed by atoms with E-state index < -0.39 is 29.5 Å². The number of fused-ring (bicyclic) bond motifs is 1. The maximum atomic E-state index is 13.1. The van der Waals surface area contributed by atoms with Crippen LogP contribution in [-0.2, 0) is 11.0 Å². The van der Waals surface area contributed by atoms with Gasteiger partial charge in [0.05, 0.1) is 28.1 Å².